The lowest BCUT2D eigenvalue weighted by Gasteiger charge is -2.14. The Balaban J connectivity index is 2.11. The number of carboxylic acids is 1. The normalized spacial score (nSPS) is 15.8. The smallest absolute Gasteiger partial charge is 0.337 e. The first kappa shape index (κ1) is 18.2. The second kappa shape index (κ2) is 7.72. The Morgan fingerprint density at radius 1 is 1.23 bits per heavy atom. The van der Waals surface area contributed by atoms with Crippen molar-refractivity contribution in [1.29, 1.82) is 0 Å². The molecule has 0 spiro atoms. The Bertz CT molecular complexity index is 842. The minimum Gasteiger partial charge on any atom is -0.488 e. The summed E-state index contributed by atoms with van der Waals surface area (Å²) in [6.45, 7) is 1.36. The van der Waals surface area contributed by atoms with Crippen molar-refractivity contribution >= 4 is 11.5 Å². The molecule has 136 valence electrons. The molecule has 26 heavy (non-hydrogen) atoms. The van der Waals surface area contributed by atoms with Gasteiger partial charge in [-0.15, -0.1) is 0 Å². The van der Waals surface area contributed by atoms with Gasteiger partial charge in [0.15, 0.2) is 6.10 Å². The summed E-state index contributed by atoms with van der Waals surface area (Å²) in [5.41, 5.74) is 4.32. The van der Waals surface area contributed by atoms with Crippen molar-refractivity contribution in [1.82, 2.24) is 4.90 Å². The maximum absolute atomic E-state index is 11.2. The molecule has 2 aromatic carbocycles. The molecule has 0 saturated carbocycles. The molecule has 0 radical (unpaired) electrons. The summed E-state index contributed by atoms with van der Waals surface area (Å²) in [7, 11) is 4.05. The number of aliphatic hydroxyl groups is 1. The molecule has 1 unspecified atom stereocenters. The van der Waals surface area contributed by atoms with Crippen LogP contribution in [0.15, 0.2) is 48.5 Å². The summed E-state index contributed by atoms with van der Waals surface area (Å²) in [6, 6.07) is 13.1. The van der Waals surface area contributed by atoms with Gasteiger partial charge in [0.25, 0.3) is 0 Å². The van der Waals surface area contributed by atoms with Crippen LogP contribution >= 0.6 is 0 Å². The van der Waals surface area contributed by atoms with Gasteiger partial charge < -0.3 is 19.8 Å². The number of ether oxygens (including phenoxy) is 1. The Kier molecular flexibility index (Phi) is 5.40. The second-order valence-electron chi connectivity index (χ2n) is 6.65. The van der Waals surface area contributed by atoms with Crippen LogP contribution in [0.2, 0.25) is 0 Å². The van der Waals surface area contributed by atoms with Gasteiger partial charge in [0.2, 0.25) is 0 Å². The average molecular weight is 353 g/mol. The number of fused-ring (bicyclic) bond motifs is 2. The largest absolute Gasteiger partial charge is 0.488 e. The third-order valence-corrected chi connectivity index (χ3v) is 4.46. The van der Waals surface area contributed by atoms with Crippen LogP contribution in [0.3, 0.4) is 0 Å². The van der Waals surface area contributed by atoms with E-state index in [9.17, 15) is 9.90 Å². The minimum atomic E-state index is -1.55. The molecule has 0 amide bonds. The van der Waals surface area contributed by atoms with Crippen molar-refractivity contribution in [3.05, 3.63) is 70.8 Å². The van der Waals surface area contributed by atoms with E-state index in [2.05, 4.69) is 17.0 Å². The number of aliphatic hydroxyl groups excluding tert-OH is 1. The predicted molar refractivity (Wildman–Crippen MR) is 100 cm³/mol. The number of carboxylic acid groups (broad SMARTS) is 1. The van der Waals surface area contributed by atoms with E-state index < -0.39 is 12.1 Å². The van der Waals surface area contributed by atoms with Crippen LogP contribution in [0.4, 0.5) is 0 Å². The Labute approximate surface area is 153 Å². The monoisotopic (exact) mass is 353 g/mol. The van der Waals surface area contributed by atoms with Gasteiger partial charge in [0.1, 0.15) is 12.4 Å². The van der Waals surface area contributed by atoms with Gasteiger partial charge in [-0.2, -0.15) is 0 Å². The fraction of sp³-hybridized carbons (Fsp3) is 0.286. The summed E-state index contributed by atoms with van der Waals surface area (Å²) >= 11 is 0. The molecule has 5 heteroatoms. The summed E-state index contributed by atoms with van der Waals surface area (Å²) in [6.07, 6.45) is 1.45. The van der Waals surface area contributed by atoms with Crippen LogP contribution in [-0.4, -0.2) is 41.7 Å². The van der Waals surface area contributed by atoms with E-state index in [1.54, 1.807) is 18.2 Å². The highest BCUT2D eigenvalue weighted by atomic mass is 16.5. The number of nitrogens with zero attached hydrogens (tertiary/aromatic N) is 1. The first-order valence-electron chi connectivity index (χ1n) is 8.58. The lowest BCUT2D eigenvalue weighted by atomic mass is 9.92. The maximum Gasteiger partial charge on any atom is 0.337 e. The zero-order valence-electron chi connectivity index (χ0n) is 15.0. The van der Waals surface area contributed by atoms with Gasteiger partial charge in [-0.3, -0.25) is 0 Å². The number of hydrogen-bond acceptors (Lipinski definition) is 4. The summed E-state index contributed by atoms with van der Waals surface area (Å²) in [5, 5.41) is 19.1. The standard InChI is InChI=1S/C21H23NO4/c1-22(2)11-5-8-17-16-7-4-3-6-15(16)13-26-19-10-9-14(12-18(17)19)20(23)21(24)25/h3-4,6-10,12,20,23H,5,11,13H2,1-2H3,(H,24,25). The van der Waals surface area contributed by atoms with Crippen molar-refractivity contribution in [3.8, 4) is 5.75 Å². The van der Waals surface area contributed by atoms with Gasteiger partial charge in [-0.25, -0.2) is 4.79 Å². The molecule has 0 fully saturated rings. The highest BCUT2D eigenvalue weighted by Crippen LogP contribution is 2.38. The van der Waals surface area contributed by atoms with E-state index in [1.165, 1.54) is 0 Å². The molecule has 2 aromatic rings. The quantitative estimate of drug-likeness (QED) is 0.864. The van der Waals surface area contributed by atoms with Crippen molar-refractivity contribution < 1.29 is 19.7 Å². The van der Waals surface area contributed by atoms with E-state index in [4.69, 9.17) is 9.84 Å². The first-order valence-corrected chi connectivity index (χ1v) is 8.58. The molecule has 5 nitrogen and oxygen atoms in total. The molecular formula is C21H23NO4. The Morgan fingerprint density at radius 3 is 2.73 bits per heavy atom. The third-order valence-electron chi connectivity index (χ3n) is 4.46. The third kappa shape index (κ3) is 3.79. The van der Waals surface area contributed by atoms with Crippen LogP contribution < -0.4 is 4.74 Å². The number of aliphatic carboxylic acids is 1. The van der Waals surface area contributed by atoms with E-state index in [-0.39, 0.29) is 0 Å². The summed E-state index contributed by atoms with van der Waals surface area (Å²) in [4.78, 5) is 13.3. The topological polar surface area (TPSA) is 70.0 Å². The molecule has 1 heterocycles. The van der Waals surface area contributed by atoms with Crippen molar-refractivity contribution in [2.45, 2.75) is 19.1 Å². The van der Waals surface area contributed by atoms with E-state index in [0.717, 1.165) is 35.2 Å². The zero-order chi connectivity index (χ0) is 18.7. The van der Waals surface area contributed by atoms with Crippen molar-refractivity contribution in [2.24, 2.45) is 0 Å². The first-order chi connectivity index (χ1) is 12.5. The van der Waals surface area contributed by atoms with E-state index in [0.29, 0.717) is 17.9 Å². The van der Waals surface area contributed by atoms with Crippen LogP contribution in [0, 0.1) is 0 Å². The average Bonchev–Trinajstić information content (AvgIpc) is 2.78. The molecule has 1 atom stereocenters. The second-order valence-corrected chi connectivity index (χ2v) is 6.65. The minimum absolute atomic E-state index is 0.345. The van der Waals surface area contributed by atoms with E-state index >= 15 is 0 Å². The lowest BCUT2D eigenvalue weighted by molar-refractivity contribution is -0.146. The fourth-order valence-electron chi connectivity index (χ4n) is 3.09. The highest BCUT2D eigenvalue weighted by molar-refractivity contribution is 5.86. The molecule has 3 rings (SSSR count). The molecule has 1 aliphatic heterocycles. The Hall–Kier alpha value is -2.63. The SMILES string of the molecule is CN(C)CCC=C1c2ccccc2COc2ccc(C(O)C(=O)O)cc21. The van der Waals surface area contributed by atoms with Gasteiger partial charge in [0.05, 0.1) is 0 Å². The molecule has 0 aliphatic carbocycles. The predicted octanol–water partition coefficient (Wildman–Crippen LogP) is 3.08. The molecule has 2 N–H and O–H groups in total. The molecular weight excluding hydrogens is 330 g/mol. The molecule has 0 aromatic heterocycles. The lowest BCUT2D eigenvalue weighted by Crippen LogP contribution is -2.12. The summed E-state index contributed by atoms with van der Waals surface area (Å²) in [5.74, 6) is -0.573. The van der Waals surface area contributed by atoms with Crippen LogP contribution in [0.1, 0.15) is 34.8 Å². The van der Waals surface area contributed by atoms with Crippen LogP contribution in [0.25, 0.3) is 5.57 Å². The fourth-order valence-corrected chi connectivity index (χ4v) is 3.09. The molecule has 0 bridgehead atoms. The molecule has 1 aliphatic rings. The maximum atomic E-state index is 11.2. The number of hydrogen-bond donors (Lipinski definition) is 2. The van der Waals surface area contributed by atoms with Gasteiger partial charge in [0, 0.05) is 12.1 Å². The van der Waals surface area contributed by atoms with Gasteiger partial charge >= 0.3 is 5.97 Å². The van der Waals surface area contributed by atoms with Gasteiger partial charge in [-0.1, -0.05) is 36.4 Å². The van der Waals surface area contributed by atoms with Crippen LogP contribution in [0.5, 0.6) is 5.75 Å². The Morgan fingerprint density at radius 2 is 2.00 bits per heavy atom. The summed E-state index contributed by atoms with van der Waals surface area (Å²) < 4.78 is 5.95. The molecule has 0 saturated heterocycles. The number of rotatable bonds is 5. The number of carbonyl (C=O) groups is 1. The van der Waals surface area contributed by atoms with Crippen molar-refractivity contribution in [3.63, 3.8) is 0 Å². The van der Waals surface area contributed by atoms with Gasteiger partial charge in [-0.05, 0) is 54.9 Å². The van der Waals surface area contributed by atoms with E-state index in [1.807, 2.05) is 32.3 Å². The van der Waals surface area contributed by atoms with Crippen molar-refractivity contribution in [2.75, 3.05) is 20.6 Å². The zero-order valence-corrected chi connectivity index (χ0v) is 15.0. The number of benzene rings is 2. The highest BCUT2D eigenvalue weighted by Gasteiger charge is 2.22. The van der Waals surface area contributed by atoms with Crippen LogP contribution in [-0.2, 0) is 11.4 Å².